The van der Waals surface area contributed by atoms with E-state index in [1.807, 2.05) is 0 Å². The third-order valence-corrected chi connectivity index (χ3v) is 4.45. The van der Waals surface area contributed by atoms with Gasteiger partial charge < -0.3 is 40.1 Å². The molecule has 0 fully saturated rings. The zero-order valence-corrected chi connectivity index (χ0v) is 12.9. The predicted octanol–water partition coefficient (Wildman–Crippen LogP) is -0.154. The Morgan fingerprint density at radius 1 is 0.458 bits per heavy atom. The highest BCUT2D eigenvalue weighted by atomic mass is 16.1. The maximum Gasteiger partial charge on any atom is 0.198 e. The van der Waals surface area contributed by atoms with Crippen molar-refractivity contribution in [2.45, 2.75) is 6.92 Å². The van der Waals surface area contributed by atoms with Crippen LogP contribution in [0.1, 0.15) is 37.4 Å². The van der Waals surface area contributed by atoms with E-state index in [4.69, 9.17) is 40.1 Å². The highest BCUT2D eigenvalue weighted by Gasteiger charge is 2.39. The Balaban J connectivity index is 2.53. The van der Waals surface area contributed by atoms with Crippen LogP contribution in [0.2, 0.25) is 0 Å². The molecule has 9 heteroatoms. The third kappa shape index (κ3) is 1.52. The lowest BCUT2D eigenvalue weighted by atomic mass is 9.79. The molecule has 1 aliphatic carbocycles. The van der Waals surface area contributed by atoms with Crippen molar-refractivity contribution in [2.24, 2.45) is 0 Å². The number of carbonyl (C=O) groups excluding carboxylic acids is 2. The number of hydrogen-bond acceptors (Lipinski definition) is 9. The van der Waals surface area contributed by atoms with E-state index in [0.29, 0.717) is 5.56 Å². The van der Waals surface area contributed by atoms with Crippen LogP contribution in [0.25, 0.3) is 0 Å². The lowest BCUT2D eigenvalue weighted by Crippen LogP contribution is -2.28. The second kappa shape index (κ2) is 4.44. The van der Waals surface area contributed by atoms with E-state index in [-0.39, 0.29) is 62.1 Å². The van der Waals surface area contributed by atoms with Crippen molar-refractivity contribution < 1.29 is 9.59 Å². The summed E-state index contributed by atoms with van der Waals surface area (Å²) in [5, 5.41) is 0. The van der Waals surface area contributed by atoms with Gasteiger partial charge in [-0.1, -0.05) is 0 Å². The van der Waals surface area contributed by atoms with E-state index in [2.05, 4.69) is 0 Å². The molecular formula is C15H17N7O2. The van der Waals surface area contributed by atoms with E-state index >= 15 is 0 Å². The summed E-state index contributed by atoms with van der Waals surface area (Å²) in [6.45, 7) is 1.60. The van der Waals surface area contributed by atoms with Crippen LogP contribution in [0.15, 0.2) is 0 Å². The highest BCUT2D eigenvalue weighted by Crippen LogP contribution is 2.46. The van der Waals surface area contributed by atoms with E-state index in [1.54, 1.807) is 6.92 Å². The van der Waals surface area contributed by atoms with Gasteiger partial charge in [-0.15, -0.1) is 0 Å². The number of rotatable bonds is 0. The number of anilines is 7. The maximum absolute atomic E-state index is 13.0. The lowest BCUT2D eigenvalue weighted by Gasteiger charge is -2.26. The number of ketones is 2. The van der Waals surface area contributed by atoms with Gasteiger partial charge in [-0.25, -0.2) is 0 Å². The SMILES string of the molecule is Cc1c(N)c(N)c2c(c1N)C(=O)c1c(N)c(N)c(N)c(N)c1C2=O. The summed E-state index contributed by atoms with van der Waals surface area (Å²) >= 11 is 0. The van der Waals surface area contributed by atoms with Crippen LogP contribution in [-0.2, 0) is 0 Å². The number of nitrogens with two attached hydrogens (primary N) is 7. The van der Waals surface area contributed by atoms with Gasteiger partial charge in [0.25, 0.3) is 0 Å². The zero-order valence-electron chi connectivity index (χ0n) is 12.9. The van der Waals surface area contributed by atoms with Gasteiger partial charge in [0.15, 0.2) is 11.6 Å². The first-order valence-electron chi connectivity index (χ1n) is 6.93. The first-order chi connectivity index (χ1) is 11.1. The summed E-state index contributed by atoms with van der Waals surface area (Å²) < 4.78 is 0. The molecule has 24 heavy (non-hydrogen) atoms. The molecule has 0 saturated heterocycles. The molecule has 0 radical (unpaired) electrons. The maximum atomic E-state index is 13.0. The summed E-state index contributed by atoms with van der Waals surface area (Å²) in [4.78, 5) is 25.9. The summed E-state index contributed by atoms with van der Waals surface area (Å²) in [5.41, 5.74) is 41.0. The summed E-state index contributed by atoms with van der Waals surface area (Å²) in [5.74, 6) is -1.21. The minimum Gasteiger partial charge on any atom is -0.398 e. The van der Waals surface area contributed by atoms with Crippen molar-refractivity contribution in [1.29, 1.82) is 0 Å². The largest absolute Gasteiger partial charge is 0.398 e. The normalized spacial score (nSPS) is 12.9. The molecule has 0 atom stereocenters. The number of hydrogen-bond donors (Lipinski definition) is 7. The van der Waals surface area contributed by atoms with Crippen LogP contribution in [0.3, 0.4) is 0 Å². The number of benzene rings is 2. The van der Waals surface area contributed by atoms with Gasteiger partial charge in [0.2, 0.25) is 0 Å². The number of carbonyl (C=O) groups is 2. The van der Waals surface area contributed by atoms with Crippen molar-refractivity contribution in [3.63, 3.8) is 0 Å². The van der Waals surface area contributed by atoms with Crippen LogP contribution >= 0.6 is 0 Å². The number of nitrogen functional groups attached to an aromatic ring is 7. The Labute approximate surface area is 136 Å². The van der Waals surface area contributed by atoms with Crippen molar-refractivity contribution in [1.82, 2.24) is 0 Å². The second-order valence-electron chi connectivity index (χ2n) is 5.68. The van der Waals surface area contributed by atoms with Gasteiger partial charge >= 0.3 is 0 Å². The van der Waals surface area contributed by atoms with Gasteiger partial charge in [0.05, 0.1) is 56.4 Å². The molecule has 0 aromatic heterocycles. The number of fused-ring (bicyclic) bond motifs is 2. The van der Waals surface area contributed by atoms with Gasteiger partial charge in [-0.3, -0.25) is 9.59 Å². The zero-order chi connectivity index (χ0) is 18.1. The quantitative estimate of drug-likeness (QED) is 0.272. The Kier molecular flexibility index (Phi) is 2.83. The van der Waals surface area contributed by atoms with Crippen molar-refractivity contribution in [2.75, 3.05) is 40.1 Å². The molecule has 0 heterocycles. The molecule has 0 bridgehead atoms. The lowest BCUT2D eigenvalue weighted by molar-refractivity contribution is 0.0981. The standard InChI is InChI=1S/C15H17N7O2/c1-2-7(16)3-4(9(18)8(2)17)15(24)6-5(14(3)23)10(19)12(21)13(22)11(6)20/h16-22H2,1H3. The average molecular weight is 327 g/mol. The fourth-order valence-electron chi connectivity index (χ4n) is 2.96. The molecule has 9 nitrogen and oxygen atoms in total. The summed E-state index contributed by atoms with van der Waals surface area (Å²) in [7, 11) is 0. The molecule has 0 aliphatic heterocycles. The average Bonchev–Trinajstić information content (AvgIpc) is 2.55. The molecule has 2 aromatic carbocycles. The third-order valence-electron chi connectivity index (χ3n) is 4.45. The van der Waals surface area contributed by atoms with Crippen molar-refractivity contribution >= 4 is 51.4 Å². The molecule has 0 spiro atoms. The molecule has 14 N–H and O–H groups in total. The van der Waals surface area contributed by atoms with Crippen LogP contribution in [0.5, 0.6) is 0 Å². The van der Waals surface area contributed by atoms with Gasteiger partial charge in [-0.05, 0) is 12.5 Å². The van der Waals surface area contributed by atoms with Crippen molar-refractivity contribution in [3.8, 4) is 0 Å². The fraction of sp³-hybridized carbons (Fsp3) is 0.0667. The molecule has 2 aromatic rings. The monoisotopic (exact) mass is 327 g/mol. The van der Waals surface area contributed by atoms with Crippen LogP contribution < -0.4 is 40.1 Å². The van der Waals surface area contributed by atoms with Gasteiger partial charge in [0.1, 0.15) is 0 Å². The molecule has 3 rings (SSSR count). The Morgan fingerprint density at radius 3 is 1.12 bits per heavy atom. The van der Waals surface area contributed by atoms with Crippen LogP contribution in [0.4, 0.5) is 39.8 Å². The molecule has 0 amide bonds. The summed E-state index contributed by atoms with van der Waals surface area (Å²) in [6.07, 6.45) is 0. The van der Waals surface area contributed by atoms with Crippen LogP contribution in [-0.4, -0.2) is 11.6 Å². The minimum atomic E-state index is -0.619. The van der Waals surface area contributed by atoms with Crippen molar-refractivity contribution in [3.05, 3.63) is 27.8 Å². The molecular weight excluding hydrogens is 310 g/mol. The molecule has 0 unspecified atom stereocenters. The molecule has 0 saturated carbocycles. The van der Waals surface area contributed by atoms with Crippen LogP contribution in [0, 0.1) is 6.92 Å². The Morgan fingerprint density at radius 2 is 0.750 bits per heavy atom. The summed E-state index contributed by atoms with van der Waals surface area (Å²) in [6, 6.07) is 0. The Hall–Kier alpha value is -3.62. The second-order valence-corrected chi connectivity index (χ2v) is 5.68. The van der Waals surface area contributed by atoms with E-state index in [1.165, 1.54) is 0 Å². The van der Waals surface area contributed by atoms with E-state index in [0.717, 1.165) is 0 Å². The topological polar surface area (TPSA) is 216 Å². The smallest absolute Gasteiger partial charge is 0.198 e. The van der Waals surface area contributed by atoms with Gasteiger partial charge in [-0.2, -0.15) is 0 Å². The molecule has 1 aliphatic rings. The fourth-order valence-corrected chi connectivity index (χ4v) is 2.96. The van der Waals surface area contributed by atoms with E-state index in [9.17, 15) is 9.59 Å². The van der Waals surface area contributed by atoms with Gasteiger partial charge in [0, 0.05) is 5.69 Å². The minimum absolute atomic E-state index is 0.0333. The predicted molar refractivity (Wildman–Crippen MR) is 95.4 cm³/mol. The molecule has 124 valence electrons. The first kappa shape index (κ1) is 15.3. The van der Waals surface area contributed by atoms with E-state index < -0.39 is 11.6 Å². The first-order valence-corrected chi connectivity index (χ1v) is 6.93. The Bertz CT molecular complexity index is 826. The highest BCUT2D eigenvalue weighted by molar-refractivity contribution is 6.36.